The lowest BCUT2D eigenvalue weighted by Gasteiger charge is -2.12. The molecule has 0 radical (unpaired) electrons. The van der Waals surface area contributed by atoms with Crippen molar-refractivity contribution >= 4 is 58.1 Å². The number of carbonyl (C=O) groups excluding carboxylic acids is 1. The van der Waals surface area contributed by atoms with E-state index in [-0.39, 0.29) is 18.2 Å². The van der Waals surface area contributed by atoms with E-state index in [0.717, 1.165) is 4.88 Å². The number of carbonyl (C=O) groups is 1. The molecule has 3 heterocycles. The highest BCUT2D eigenvalue weighted by molar-refractivity contribution is 8.18. The van der Waals surface area contributed by atoms with Crippen LogP contribution in [0.1, 0.15) is 16.2 Å². The van der Waals surface area contributed by atoms with E-state index in [1.807, 2.05) is 23.6 Å². The summed E-state index contributed by atoms with van der Waals surface area (Å²) in [4.78, 5) is 16.0. The minimum atomic E-state index is -0.167. The van der Waals surface area contributed by atoms with Crippen LogP contribution in [0.25, 0.3) is 6.08 Å². The summed E-state index contributed by atoms with van der Waals surface area (Å²) in [7, 11) is 0. The van der Waals surface area contributed by atoms with Gasteiger partial charge in [0.15, 0.2) is 5.17 Å². The molecular formula is C20H14ClN3O3S2. The number of thioether (sulfide) groups is 1. The molecule has 0 saturated carbocycles. The van der Waals surface area contributed by atoms with Crippen molar-refractivity contribution in [3.63, 3.8) is 0 Å². The second-order valence-electron chi connectivity index (χ2n) is 5.93. The monoisotopic (exact) mass is 443 g/mol. The molecule has 1 saturated heterocycles. The van der Waals surface area contributed by atoms with Crippen LogP contribution in [0.4, 0.5) is 0 Å². The number of amides is 1. The number of halogens is 1. The largest absolute Gasteiger partial charge is 0.507 e. The molecule has 1 aromatic carbocycles. The Labute approximate surface area is 179 Å². The minimum Gasteiger partial charge on any atom is -0.507 e. The number of rotatable bonds is 5. The third-order valence-corrected chi connectivity index (χ3v) is 5.98. The van der Waals surface area contributed by atoms with Crippen LogP contribution in [0.2, 0.25) is 5.02 Å². The first-order chi connectivity index (χ1) is 14.1. The van der Waals surface area contributed by atoms with Crippen LogP contribution in [0.5, 0.6) is 5.75 Å². The van der Waals surface area contributed by atoms with Crippen LogP contribution >= 0.6 is 34.7 Å². The van der Waals surface area contributed by atoms with Crippen LogP contribution in [-0.2, 0) is 11.3 Å². The van der Waals surface area contributed by atoms with Gasteiger partial charge in [-0.05, 0) is 59.6 Å². The molecule has 6 nitrogen and oxygen atoms in total. The summed E-state index contributed by atoms with van der Waals surface area (Å²) < 4.78 is 5.37. The zero-order valence-corrected chi connectivity index (χ0v) is 17.2. The summed E-state index contributed by atoms with van der Waals surface area (Å²) in [5.41, 5.74) is 0.433. The summed E-state index contributed by atoms with van der Waals surface area (Å²) in [5.74, 6) is 0.513. The molecule has 29 heavy (non-hydrogen) atoms. The van der Waals surface area contributed by atoms with Gasteiger partial charge in [-0.1, -0.05) is 17.7 Å². The van der Waals surface area contributed by atoms with Gasteiger partial charge in [-0.2, -0.15) is 5.10 Å². The Hall–Kier alpha value is -2.81. The SMILES string of the molecule is O=C1/C(=C/c2cccs2)S/C(=N/N=C\c2cc(Cl)ccc2O)N1Cc1ccco1. The van der Waals surface area contributed by atoms with Crippen molar-refractivity contribution in [3.05, 3.63) is 80.2 Å². The van der Waals surface area contributed by atoms with E-state index >= 15 is 0 Å². The topological polar surface area (TPSA) is 78.4 Å². The van der Waals surface area contributed by atoms with Crippen LogP contribution < -0.4 is 0 Å². The van der Waals surface area contributed by atoms with E-state index in [1.54, 1.807) is 41.9 Å². The second-order valence-corrected chi connectivity index (χ2v) is 8.35. The van der Waals surface area contributed by atoms with Crippen molar-refractivity contribution in [1.29, 1.82) is 0 Å². The number of phenolic OH excluding ortho intramolecular Hbond substituents is 1. The molecule has 1 amide bonds. The van der Waals surface area contributed by atoms with E-state index in [0.29, 0.717) is 26.4 Å². The summed E-state index contributed by atoms with van der Waals surface area (Å²) >= 11 is 8.74. The molecule has 3 aromatic rings. The predicted molar refractivity (Wildman–Crippen MR) is 117 cm³/mol. The van der Waals surface area contributed by atoms with Gasteiger partial charge < -0.3 is 9.52 Å². The number of amidine groups is 1. The molecule has 0 unspecified atom stereocenters. The molecule has 1 aliphatic heterocycles. The third kappa shape index (κ3) is 4.61. The Kier molecular flexibility index (Phi) is 5.84. The zero-order valence-electron chi connectivity index (χ0n) is 14.9. The van der Waals surface area contributed by atoms with Gasteiger partial charge in [-0.15, -0.1) is 16.4 Å². The summed E-state index contributed by atoms with van der Waals surface area (Å²) in [6, 6.07) is 12.1. The Morgan fingerprint density at radius 3 is 2.90 bits per heavy atom. The molecule has 1 fully saturated rings. The van der Waals surface area contributed by atoms with Gasteiger partial charge >= 0.3 is 0 Å². The third-order valence-electron chi connectivity index (χ3n) is 3.93. The maximum Gasteiger partial charge on any atom is 0.267 e. The van der Waals surface area contributed by atoms with E-state index in [2.05, 4.69) is 10.2 Å². The molecule has 0 spiro atoms. The molecule has 1 N–H and O–H groups in total. The average Bonchev–Trinajstić information content (AvgIpc) is 3.45. The van der Waals surface area contributed by atoms with Crippen LogP contribution in [-0.4, -0.2) is 27.3 Å². The number of benzene rings is 1. The van der Waals surface area contributed by atoms with Gasteiger partial charge in [-0.25, -0.2) is 0 Å². The van der Waals surface area contributed by atoms with Crippen molar-refractivity contribution in [2.24, 2.45) is 10.2 Å². The molecule has 1 aliphatic rings. The number of nitrogens with zero attached hydrogens (tertiary/aromatic N) is 3. The molecular weight excluding hydrogens is 430 g/mol. The van der Waals surface area contributed by atoms with E-state index in [1.165, 1.54) is 28.9 Å². The highest BCUT2D eigenvalue weighted by Gasteiger charge is 2.34. The van der Waals surface area contributed by atoms with E-state index < -0.39 is 0 Å². The van der Waals surface area contributed by atoms with Crippen molar-refractivity contribution in [1.82, 2.24) is 4.90 Å². The van der Waals surface area contributed by atoms with Gasteiger partial charge in [0.05, 0.1) is 23.9 Å². The normalized spacial score (nSPS) is 17.3. The maximum atomic E-state index is 12.9. The first-order valence-corrected chi connectivity index (χ1v) is 10.5. The van der Waals surface area contributed by atoms with E-state index in [9.17, 15) is 9.90 Å². The standard InChI is InChI=1S/C20H14ClN3O3S2/c21-14-5-6-17(25)13(9-14)11-22-23-20-24(12-15-3-1-7-27-15)19(26)18(29-20)10-16-4-2-8-28-16/h1-11,25H,12H2/b18-10-,22-11-,23-20+. The average molecular weight is 444 g/mol. The van der Waals surface area contributed by atoms with Gasteiger partial charge in [0.2, 0.25) is 0 Å². The van der Waals surface area contributed by atoms with Crippen molar-refractivity contribution < 1.29 is 14.3 Å². The lowest BCUT2D eigenvalue weighted by Crippen LogP contribution is -2.28. The second kappa shape index (κ2) is 8.69. The number of furan rings is 1. The molecule has 0 bridgehead atoms. The van der Waals surface area contributed by atoms with Crippen molar-refractivity contribution in [2.75, 3.05) is 0 Å². The lowest BCUT2D eigenvalue weighted by atomic mass is 10.2. The molecule has 4 rings (SSSR count). The minimum absolute atomic E-state index is 0.0409. The Balaban J connectivity index is 1.62. The molecule has 0 atom stereocenters. The lowest BCUT2D eigenvalue weighted by molar-refractivity contribution is -0.122. The first kappa shape index (κ1) is 19.5. The molecule has 146 valence electrons. The van der Waals surface area contributed by atoms with Gasteiger partial charge in [0.25, 0.3) is 5.91 Å². The van der Waals surface area contributed by atoms with Gasteiger partial charge in [0, 0.05) is 15.5 Å². The van der Waals surface area contributed by atoms with Crippen LogP contribution in [0.3, 0.4) is 0 Å². The number of aromatic hydroxyl groups is 1. The summed E-state index contributed by atoms with van der Waals surface area (Å²) in [6.45, 7) is 0.247. The Bertz CT molecular complexity index is 1110. The smallest absolute Gasteiger partial charge is 0.267 e. The quantitative estimate of drug-likeness (QED) is 0.333. The number of hydrogen-bond donors (Lipinski definition) is 1. The maximum absolute atomic E-state index is 12.9. The fourth-order valence-electron chi connectivity index (χ4n) is 2.55. The number of phenols is 1. The highest BCUT2D eigenvalue weighted by Crippen LogP contribution is 2.34. The van der Waals surface area contributed by atoms with Crippen LogP contribution in [0.15, 0.2) is 73.6 Å². The Morgan fingerprint density at radius 1 is 1.24 bits per heavy atom. The number of thiophene rings is 1. The highest BCUT2D eigenvalue weighted by atomic mass is 35.5. The van der Waals surface area contributed by atoms with Crippen LogP contribution in [0, 0.1) is 0 Å². The van der Waals surface area contributed by atoms with Gasteiger partial charge in [0.1, 0.15) is 11.5 Å². The van der Waals surface area contributed by atoms with E-state index in [4.69, 9.17) is 16.0 Å². The first-order valence-electron chi connectivity index (χ1n) is 8.47. The molecule has 2 aromatic heterocycles. The predicted octanol–water partition coefficient (Wildman–Crippen LogP) is 5.21. The number of hydrogen-bond acceptors (Lipinski definition) is 7. The zero-order chi connectivity index (χ0) is 20.2. The van der Waals surface area contributed by atoms with Crippen molar-refractivity contribution in [3.8, 4) is 5.75 Å². The fraction of sp³-hybridized carbons (Fsp3) is 0.0500. The summed E-state index contributed by atoms with van der Waals surface area (Å²) in [6.07, 6.45) is 4.79. The molecule has 9 heteroatoms. The van der Waals surface area contributed by atoms with Gasteiger partial charge in [-0.3, -0.25) is 9.69 Å². The van der Waals surface area contributed by atoms with Crippen molar-refractivity contribution in [2.45, 2.75) is 6.54 Å². The fourth-order valence-corrected chi connectivity index (χ4v) is 4.39. The summed E-state index contributed by atoms with van der Waals surface area (Å²) in [5, 5.41) is 21.0. The molecule has 0 aliphatic carbocycles. The Morgan fingerprint density at radius 2 is 2.14 bits per heavy atom.